The van der Waals surface area contributed by atoms with Crippen LogP contribution in [0.15, 0.2) is 35.3 Å². The maximum atomic E-state index is 4.37. The lowest BCUT2D eigenvalue weighted by atomic mass is 10.0. The lowest BCUT2D eigenvalue weighted by Crippen LogP contribution is -2.48. The van der Waals surface area contributed by atoms with Crippen LogP contribution in [0.2, 0.25) is 0 Å². The van der Waals surface area contributed by atoms with Crippen molar-refractivity contribution >= 4 is 17.7 Å². The van der Waals surface area contributed by atoms with Crippen molar-refractivity contribution in [2.75, 3.05) is 38.7 Å². The smallest absolute Gasteiger partial charge is 0.191 e. The van der Waals surface area contributed by atoms with Crippen LogP contribution in [0.5, 0.6) is 0 Å². The highest BCUT2D eigenvalue weighted by molar-refractivity contribution is 7.98. The molecule has 1 aliphatic rings. The molecule has 140 valence electrons. The van der Waals surface area contributed by atoms with Crippen LogP contribution in [0.3, 0.4) is 0 Å². The van der Waals surface area contributed by atoms with Crippen molar-refractivity contribution in [2.24, 2.45) is 4.99 Å². The number of likely N-dealkylation sites (tertiary alicyclic amines) is 1. The molecule has 5 heteroatoms. The van der Waals surface area contributed by atoms with E-state index in [1.54, 1.807) is 0 Å². The molecule has 1 saturated heterocycles. The van der Waals surface area contributed by atoms with Gasteiger partial charge in [-0.05, 0) is 49.8 Å². The van der Waals surface area contributed by atoms with E-state index < -0.39 is 0 Å². The molecule has 0 bridgehead atoms. The number of hydrogen-bond acceptors (Lipinski definition) is 3. The maximum Gasteiger partial charge on any atom is 0.191 e. The first kappa shape index (κ1) is 20.1. The number of thioether (sulfide) groups is 1. The fraction of sp³-hybridized carbons (Fsp3) is 0.650. The zero-order valence-electron chi connectivity index (χ0n) is 15.8. The van der Waals surface area contributed by atoms with Crippen molar-refractivity contribution in [1.29, 1.82) is 0 Å². The molecule has 1 fully saturated rings. The fourth-order valence-electron chi connectivity index (χ4n) is 3.33. The van der Waals surface area contributed by atoms with Gasteiger partial charge in [0.15, 0.2) is 5.96 Å². The molecule has 2 N–H and O–H groups in total. The van der Waals surface area contributed by atoms with Gasteiger partial charge in [-0.25, -0.2) is 0 Å². The number of guanidine groups is 1. The van der Waals surface area contributed by atoms with Crippen LogP contribution in [0.4, 0.5) is 0 Å². The monoisotopic (exact) mass is 362 g/mol. The molecule has 1 aromatic rings. The molecule has 0 aromatic heterocycles. The molecule has 1 aromatic carbocycles. The Labute approximate surface area is 157 Å². The Bertz CT molecular complexity index is 492. The molecule has 0 spiro atoms. The minimum atomic E-state index is 0.587. The summed E-state index contributed by atoms with van der Waals surface area (Å²) in [4.78, 5) is 6.99. The van der Waals surface area contributed by atoms with Gasteiger partial charge in [0, 0.05) is 32.7 Å². The quantitative estimate of drug-likeness (QED) is 0.401. The van der Waals surface area contributed by atoms with E-state index >= 15 is 0 Å². The van der Waals surface area contributed by atoms with Gasteiger partial charge in [0.25, 0.3) is 0 Å². The molecule has 0 aliphatic carbocycles. The second-order valence-corrected chi connectivity index (χ2v) is 7.67. The van der Waals surface area contributed by atoms with Gasteiger partial charge in [-0.3, -0.25) is 9.89 Å². The zero-order valence-corrected chi connectivity index (χ0v) is 16.7. The van der Waals surface area contributed by atoms with Crippen molar-refractivity contribution in [2.45, 2.75) is 44.7 Å². The van der Waals surface area contributed by atoms with E-state index in [1.807, 2.05) is 18.8 Å². The average Bonchev–Trinajstić information content (AvgIpc) is 2.66. The van der Waals surface area contributed by atoms with E-state index in [2.05, 4.69) is 57.1 Å². The van der Waals surface area contributed by atoms with Gasteiger partial charge in [-0.2, -0.15) is 11.8 Å². The number of unbranched alkanes of at least 4 members (excludes halogenated alkanes) is 1. The van der Waals surface area contributed by atoms with Gasteiger partial charge in [-0.15, -0.1) is 0 Å². The van der Waals surface area contributed by atoms with Crippen molar-refractivity contribution in [3.05, 3.63) is 35.9 Å². The molecule has 1 atom stereocenters. The number of aliphatic imine (C=N–C) groups is 1. The van der Waals surface area contributed by atoms with Gasteiger partial charge < -0.3 is 10.6 Å². The predicted octanol–water partition coefficient (Wildman–Crippen LogP) is 3.35. The summed E-state index contributed by atoms with van der Waals surface area (Å²) in [5, 5.41) is 6.98. The summed E-state index contributed by atoms with van der Waals surface area (Å²) in [5.41, 5.74) is 1.41. The maximum absolute atomic E-state index is 4.37. The molecule has 0 amide bonds. The lowest BCUT2D eigenvalue weighted by Gasteiger charge is -2.36. The molecule has 0 radical (unpaired) electrons. The van der Waals surface area contributed by atoms with Crippen molar-refractivity contribution in [1.82, 2.24) is 15.5 Å². The minimum Gasteiger partial charge on any atom is -0.356 e. The highest BCUT2D eigenvalue weighted by atomic mass is 32.2. The Morgan fingerprint density at radius 3 is 2.80 bits per heavy atom. The first-order valence-electron chi connectivity index (χ1n) is 9.55. The topological polar surface area (TPSA) is 39.7 Å². The second-order valence-electron chi connectivity index (χ2n) is 6.69. The molecule has 2 rings (SSSR count). The van der Waals surface area contributed by atoms with Gasteiger partial charge in [-0.1, -0.05) is 36.8 Å². The third-order valence-corrected chi connectivity index (χ3v) is 5.47. The number of hydrogen-bond donors (Lipinski definition) is 2. The molecule has 25 heavy (non-hydrogen) atoms. The van der Waals surface area contributed by atoms with E-state index in [0.717, 1.165) is 25.6 Å². The first-order valence-corrected chi connectivity index (χ1v) is 10.9. The Balaban J connectivity index is 1.76. The Morgan fingerprint density at radius 1 is 1.20 bits per heavy atom. The van der Waals surface area contributed by atoms with Crippen molar-refractivity contribution in [3.63, 3.8) is 0 Å². The normalized spacial score (nSPS) is 19.0. The Kier molecular flexibility index (Phi) is 9.82. The molecule has 1 unspecified atom stereocenters. The van der Waals surface area contributed by atoms with Crippen molar-refractivity contribution < 1.29 is 0 Å². The van der Waals surface area contributed by atoms with Crippen molar-refractivity contribution in [3.8, 4) is 0 Å². The Hall–Kier alpha value is -1.20. The SMILES string of the molecule is CN=C(NCCCCSC)NCC1CCCCN1Cc1ccccc1. The second kappa shape index (κ2) is 12.2. The number of benzene rings is 1. The number of nitrogens with one attached hydrogen (secondary N) is 2. The van der Waals surface area contributed by atoms with Crippen LogP contribution >= 0.6 is 11.8 Å². The number of piperidine rings is 1. The molecule has 1 heterocycles. The summed E-state index contributed by atoms with van der Waals surface area (Å²) in [6.07, 6.45) is 8.54. The van der Waals surface area contributed by atoms with Crippen LogP contribution < -0.4 is 10.6 Å². The predicted molar refractivity (Wildman–Crippen MR) is 111 cm³/mol. The van der Waals surface area contributed by atoms with E-state index in [9.17, 15) is 0 Å². The lowest BCUT2D eigenvalue weighted by molar-refractivity contribution is 0.141. The van der Waals surface area contributed by atoms with Crippen LogP contribution in [-0.2, 0) is 6.54 Å². The fourth-order valence-corrected chi connectivity index (χ4v) is 3.82. The van der Waals surface area contributed by atoms with Gasteiger partial charge in [0.1, 0.15) is 0 Å². The summed E-state index contributed by atoms with van der Waals surface area (Å²) in [5.74, 6) is 2.18. The average molecular weight is 363 g/mol. The van der Waals surface area contributed by atoms with Crippen LogP contribution in [-0.4, -0.2) is 55.6 Å². The molecule has 4 nitrogen and oxygen atoms in total. The minimum absolute atomic E-state index is 0.587. The molecule has 0 saturated carbocycles. The van der Waals surface area contributed by atoms with Gasteiger partial charge in [0.05, 0.1) is 0 Å². The van der Waals surface area contributed by atoms with E-state index in [-0.39, 0.29) is 0 Å². The summed E-state index contributed by atoms with van der Waals surface area (Å²) in [6.45, 7) is 4.21. The van der Waals surface area contributed by atoms with Gasteiger partial charge in [0.2, 0.25) is 0 Å². The zero-order chi connectivity index (χ0) is 17.7. The van der Waals surface area contributed by atoms with Gasteiger partial charge >= 0.3 is 0 Å². The molecular weight excluding hydrogens is 328 g/mol. The third-order valence-electron chi connectivity index (χ3n) is 4.77. The largest absolute Gasteiger partial charge is 0.356 e. The van der Waals surface area contributed by atoms with Crippen LogP contribution in [0, 0.1) is 0 Å². The van der Waals surface area contributed by atoms with E-state index in [1.165, 1.54) is 50.0 Å². The summed E-state index contributed by atoms with van der Waals surface area (Å²) >= 11 is 1.92. The summed E-state index contributed by atoms with van der Waals surface area (Å²) in [6, 6.07) is 11.4. The molecular formula is C20H34N4S. The van der Waals surface area contributed by atoms with E-state index in [4.69, 9.17) is 0 Å². The Morgan fingerprint density at radius 2 is 2.04 bits per heavy atom. The summed E-state index contributed by atoms with van der Waals surface area (Å²) in [7, 11) is 1.86. The summed E-state index contributed by atoms with van der Waals surface area (Å²) < 4.78 is 0. The standard InChI is InChI=1S/C20H34N4S/c1-21-20(22-13-7-9-15-25-2)23-16-19-12-6-8-14-24(19)17-18-10-4-3-5-11-18/h3-5,10-11,19H,6-9,12-17H2,1-2H3,(H2,21,22,23). The highest BCUT2D eigenvalue weighted by Crippen LogP contribution is 2.19. The van der Waals surface area contributed by atoms with Crippen LogP contribution in [0.25, 0.3) is 0 Å². The van der Waals surface area contributed by atoms with E-state index in [0.29, 0.717) is 6.04 Å². The number of rotatable bonds is 9. The number of nitrogens with zero attached hydrogens (tertiary/aromatic N) is 2. The highest BCUT2D eigenvalue weighted by Gasteiger charge is 2.22. The first-order chi connectivity index (χ1) is 12.3. The van der Waals surface area contributed by atoms with Crippen LogP contribution in [0.1, 0.15) is 37.7 Å². The third kappa shape index (κ3) is 7.70. The molecule has 1 aliphatic heterocycles.